The highest BCUT2D eigenvalue weighted by atomic mass is 16.4. The van der Waals surface area contributed by atoms with Gasteiger partial charge < -0.3 is 10.4 Å². The molecule has 0 aromatic carbocycles. The molecule has 1 rings (SSSR count). The Labute approximate surface area is 59.6 Å². The molecule has 10 heavy (non-hydrogen) atoms. The van der Waals surface area contributed by atoms with Gasteiger partial charge in [-0.1, -0.05) is 0 Å². The fourth-order valence-corrected chi connectivity index (χ4v) is 1.03. The average Bonchev–Trinajstić information content (AvgIpc) is 2.12. The minimum absolute atomic E-state index is 0.352. The molecule has 1 saturated heterocycles. The minimum atomic E-state index is -0.747. The van der Waals surface area contributed by atoms with Gasteiger partial charge in [0, 0.05) is 6.67 Å². The SMILES string of the molecule is O=C(O)C1CCCNCN1. The smallest absolute Gasteiger partial charge is 0.320 e. The van der Waals surface area contributed by atoms with Gasteiger partial charge in [0.1, 0.15) is 6.04 Å². The molecule has 1 atom stereocenters. The van der Waals surface area contributed by atoms with E-state index < -0.39 is 5.97 Å². The second-order valence-corrected chi connectivity index (χ2v) is 2.41. The predicted molar refractivity (Wildman–Crippen MR) is 36.7 cm³/mol. The maximum absolute atomic E-state index is 10.4. The first-order valence-corrected chi connectivity index (χ1v) is 3.47. The van der Waals surface area contributed by atoms with Gasteiger partial charge in [0.05, 0.1) is 0 Å². The van der Waals surface area contributed by atoms with Crippen molar-refractivity contribution in [1.82, 2.24) is 10.6 Å². The van der Waals surface area contributed by atoms with Crippen molar-refractivity contribution in [2.45, 2.75) is 18.9 Å². The van der Waals surface area contributed by atoms with Crippen molar-refractivity contribution in [3.8, 4) is 0 Å². The van der Waals surface area contributed by atoms with Crippen LogP contribution < -0.4 is 10.6 Å². The number of carbonyl (C=O) groups is 1. The van der Waals surface area contributed by atoms with Crippen molar-refractivity contribution in [1.29, 1.82) is 0 Å². The van der Waals surface area contributed by atoms with E-state index in [0.717, 1.165) is 19.4 Å². The topological polar surface area (TPSA) is 61.4 Å². The third-order valence-electron chi connectivity index (χ3n) is 1.62. The molecule has 0 radical (unpaired) electrons. The molecule has 0 aliphatic carbocycles. The average molecular weight is 144 g/mol. The number of carboxylic acid groups (broad SMARTS) is 1. The molecule has 3 N–H and O–H groups in total. The van der Waals surface area contributed by atoms with E-state index in [1.165, 1.54) is 0 Å². The van der Waals surface area contributed by atoms with Gasteiger partial charge in [0.25, 0.3) is 0 Å². The van der Waals surface area contributed by atoms with E-state index in [-0.39, 0.29) is 6.04 Å². The molecule has 1 aliphatic heterocycles. The summed E-state index contributed by atoms with van der Waals surface area (Å²) in [6.07, 6.45) is 1.66. The predicted octanol–water partition coefficient (Wildman–Crippen LogP) is -0.630. The zero-order valence-electron chi connectivity index (χ0n) is 5.76. The van der Waals surface area contributed by atoms with Gasteiger partial charge in [0.15, 0.2) is 0 Å². The van der Waals surface area contributed by atoms with Gasteiger partial charge in [-0.2, -0.15) is 0 Å². The molecule has 0 aromatic rings. The number of hydrogen-bond donors (Lipinski definition) is 3. The Bertz CT molecular complexity index is 119. The summed E-state index contributed by atoms with van der Waals surface area (Å²) >= 11 is 0. The summed E-state index contributed by atoms with van der Waals surface area (Å²) in [6, 6.07) is -0.352. The third kappa shape index (κ3) is 1.97. The number of carboxylic acids is 1. The molecule has 0 saturated carbocycles. The van der Waals surface area contributed by atoms with Gasteiger partial charge in [-0.15, -0.1) is 0 Å². The van der Waals surface area contributed by atoms with Crippen molar-refractivity contribution in [2.24, 2.45) is 0 Å². The summed E-state index contributed by atoms with van der Waals surface area (Å²) < 4.78 is 0. The molecule has 1 heterocycles. The molecular formula is C6H12N2O2. The quantitative estimate of drug-likeness (QED) is 0.458. The van der Waals surface area contributed by atoms with E-state index in [1.807, 2.05) is 0 Å². The van der Waals surface area contributed by atoms with Crippen LogP contribution in [0, 0.1) is 0 Å². The highest BCUT2D eigenvalue weighted by Crippen LogP contribution is 1.98. The molecule has 58 valence electrons. The second-order valence-electron chi connectivity index (χ2n) is 2.41. The van der Waals surface area contributed by atoms with Crippen LogP contribution in [0.3, 0.4) is 0 Å². The van der Waals surface area contributed by atoms with E-state index in [2.05, 4.69) is 10.6 Å². The maximum Gasteiger partial charge on any atom is 0.320 e. The van der Waals surface area contributed by atoms with Crippen molar-refractivity contribution in [3.63, 3.8) is 0 Å². The Morgan fingerprint density at radius 3 is 3.10 bits per heavy atom. The second kappa shape index (κ2) is 3.53. The Balaban J connectivity index is 2.35. The van der Waals surface area contributed by atoms with Crippen LogP contribution in [0.4, 0.5) is 0 Å². The lowest BCUT2D eigenvalue weighted by atomic mass is 10.2. The zero-order chi connectivity index (χ0) is 7.40. The zero-order valence-corrected chi connectivity index (χ0v) is 5.76. The molecule has 1 fully saturated rings. The molecule has 4 nitrogen and oxygen atoms in total. The molecule has 1 aliphatic rings. The molecule has 4 heteroatoms. The lowest BCUT2D eigenvalue weighted by molar-refractivity contribution is -0.139. The van der Waals surface area contributed by atoms with Crippen LogP contribution in [0.15, 0.2) is 0 Å². The van der Waals surface area contributed by atoms with Crippen LogP contribution in [0.5, 0.6) is 0 Å². The fraction of sp³-hybridized carbons (Fsp3) is 0.833. The largest absolute Gasteiger partial charge is 0.480 e. The molecule has 0 spiro atoms. The first-order valence-electron chi connectivity index (χ1n) is 3.47. The lowest BCUT2D eigenvalue weighted by Crippen LogP contribution is -2.38. The molecule has 0 aromatic heterocycles. The highest BCUT2D eigenvalue weighted by Gasteiger charge is 2.17. The summed E-state index contributed by atoms with van der Waals surface area (Å²) in [4.78, 5) is 10.4. The lowest BCUT2D eigenvalue weighted by Gasteiger charge is -2.08. The van der Waals surface area contributed by atoms with E-state index in [0.29, 0.717) is 6.67 Å². The van der Waals surface area contributed by atoms with E-state index >= 15 is 0 Å². The molecule has 1 unspecified atom stereocenters. The van der Waals surface area contributed by atoms with Gasteiger partial charge >= 0.3 is 5.97 Å². The molecular weight excluding hydrogens is 132 g/mol. The molecule has 0 bridgehead atoms. The van der Waals surface area contributed by atoms with E-state index in [9.17, 15) is 4.79 Å². The number of nitrogens with one attached hydrogen (secondary N) is 2. The van der Waals surface area contributed by atoms with Crippen molar-refractivity contribution >= 4 is 5.97 Å². The van der Waals surface area contributed by atoms with Gasteiger partial charge in [-0.3, -0.25) is 10.1 Å². The Morgan fingerprint density at radius 1 is 1.60 bits per heavy atom. The van der Waals surface area contributed by atoms with E-state index in [1.54, 1.807) is 0 Å². The van der Waals surface area contributed by atoms with Crippen LogP contribution in [0.2, 0.25) is 0 Å². The highest BCUT2D eigenvalue weighted by molar-refractivity contribution is 5.73. The molecule has 0 amide bonds. The summed E-state index contributed by atoms with van der Waals surface area (Å²) in [7, 11) is 0. The van der Waals surface area contributed by atoms with E-state index in [4.69, 9.17) is 5.11 Å². The first kappa shape index (κ1) is 7.50. The van der Waals surface area contributed by atoms with Crippen LogP contribution in [0.25, 0.3) is 0 Å². The van der Waals surface area contributed by atoms with Crippen LogP contribution in [-0.4, -0.2) is 30.3 Å². The van der Waals surface area contributed by atoms with Crippen LogP contribution in [0.1, 0.15) is 12.8 Å². The number of rotatable bonds is 1. The fourth-order valence-electron chi connectivity index (χ4n) is 1.03. The Morgan fingerprint density at radius 2 is 2.40 bits per heavy atom. The standard InChI is InChI=1S/C6H12N2O2/c9-6(10)5-2-1-3-7-4-8-5/h5,7-8H,1-4H2,(H,9,10). The monoisotopic (exact) mass is 144 g/mol. The summed E-state index contributed by atoms with van der Waals surface area (Å²) in [5.41, 5.74) is 0. The Kier molecular flexibility index (Phi) is 2.65. The van der Waals surface area contributed by atoms with Gasteiger partial charge in [-0.05, 0) is 19.4 Å². The van der Waals surface area contributed by atoms with Crippen molar-refractivity contribution < 1.29 is 9.90 Å². The van der Waals surface area contributed by atoms with Crippen molar-refractivity contribution in [3.05, 3.63) is 0 Å². The normalized spacial score (nSPS) is 27.4. The third-order valence-corrected chi connectivity index (χ3v) is 1.62. The Hall–Kier alpha value is -0.610. The van der Waals surface area contributed by atoms with Gasteiger partial charge in [0.2, 0.25) is 0 Å². The van der Waals surface area contributed by atoms with Crippen molar-refractivity contribution in [2.75, 3.05) is 13.2 Å². The first-order chi connectivity index (χ1) is 4.80. The number of aliphatic carboxylic acids is 1. The minimum Gasteiger partial charge on any atom is -0.480 e. The summed E-state index contributed by atoms with van der Waals surface area (Å²) in [5, 5.41) is 14.5. The number of hydrogen-bond acceptors (Lipinski definition) is 3. The van der Waals surface area contributed by atoms with Gasteiger partial charge in [-0.25, -0.2) is 0 Å². The summed E-state index contributed by atoms with van der Waals surface area (Å²) in [6.45, 7) is 1.52. The maximum atomic E-state index is 10.4. The van der Waals surface area contributed by atoms with Crippen LogP contribution in [-0.2, 0) is 4.79 Å². The summed E-state index contributed by atoms with van der Waals surface area (Å²) in [5.74, 6) is -0.747. The van der Waals surface area contributed by atoms with Crippen LogP contribution >= 0.6 is 0 Å².